The van der Waals surface area contributed by atoms with E-state index in [4.69, 9.17) is 5.73 Å². The molecule has 1 aromatic heterocycles. The van der Waals surface area contributed by atoms with Gasteiger partial charge in [0.05, 0.1) is 6.04 Å². The highest BCUT2D eigenvalue weighted by atomic mass is 32.1. The maximum absolute atomic E-state index is 5.55. The van der Waals surface area contributed by atoms with Crippen LogP contribution in [0.25, 0.3) is 0 Å². The molecule has 80 valence electrons. The molecule has 1 heterocycles. The second-order valence-electron chi connectivity index (χ2n) is 3.78. The van der Waals surface area contributed by atoms with Crippen LogP contribution in [-0.4, -0.2) is 18.1 Å². The predicted molar refractivity (Wildman–Crippen MR) is 61.5 cm³/mol. The van der Waals surface area contributed by atoms with Crippen LogP contribution in [0.4, 0.5) is 0 Å². The largest absolute Gasteiger partial charge is 0.330 e. The summed E-state index contributed by atoms with van der Waals surface area (Å²) in [5.41, 5.74) is 5.55. The molecule has 1 aromatic rings. The average molecular weight is 213 g/mol. The molecule has 1 rings (SSSR count). The van der Waals surface area contributed by atoms with E-state index in [0.29, 0.717) is 12.0 Å². The molecule has 4 heteroatoms. The molecule has 0 bridgehead atoms. The second kappa shape index (κ2) is 5.44. The Morgan fingerprint density at radius 1 is 1.57 bits per heavy atom. The third-order valence-corrected chi connectivity index (χ3v) is 3.28. The molecule has 0 fully saturated rings. The SMILES string of the molecule is Cc1cnc(C(C)NCC(C)CN)s1. The lowest BCUT2D eigenvalue weighted by Gasteiger charge is -2.14. The maximum Gasteiger partial charge on any atom is 0.109 e. The molecule has 0 aromatic carbocycles. The van der Waals surface area contributed by atoms with Gasteiger partial charge in [0.1, 0.15) is 5.01 Å². The summed E-state index contributed by atoms with van der Waals surface area (Å²) in [6.07, 6.45) is 1.92. The van der Waals surface area contributed by atoms with Crippen molar-refractivity contribution in [2.24, 2.45) is 11.7 Å². The smallest absolute Gasteiger partial charge is 0.109 e. The Morgan fingerprint density at radius 3 is 2.79 bits per heavy atom. The Hall–Kier alpha value is -0.450. The van der Waals surface area contributed by atoms with Crippen molar-refractivity contribution < 1.29 is 0 Å². The van der Waals surface area contributed by atoms with Gasteiger partial charge in [0.25, 0.3) is 0 Å². The van der Waals surface area contributed by atoms with Gasteiger partial charge in [-0.1, -0.05) is 6.92 Å². The minimum Gasteiger partial charge on any atom is -0.330 e. The molecule has 0 saturated carbocycles. The molecular weight excluding hydrogens is 194 g/mol. The van der Waals surface area contributed by atoms with Crippen LogP contribution >= 0.6 is 11.3 Å². The van der Waals surface area contributed by atoms with Crippen LogP contribution in [-0.2, 0) is 0 Å². The highest BCUT2D eigenvalue weighted by Gasteiger charge is 2.09. The van der Waals surface area contributed by atoms with E-state index in [1.54, 1.807) is 11.3 Å². The fourth-order valence-corrected chi connectivity index (χ4v) is 1.92. The molecule has 0 aliphatic carbocycles. The van der Waals surface area contributed by atoms with E-state index in [-0.39, 0.29) is 0 Å². The average Bonchev–Trinajstić information content (AvgIpc) is 2.60. The number of rotatable bonds is 5. The van der Waals surface area contributed by atoms with Crippen molar-refractivity contribution in [3.05, 3.63) is 16.1 Å². The number of nitrogens with two attached hydrogens (primary N) is 1. The van der Waals surface area contributed by atoms with Gasteiger partial charge in [-0.05, 0) is 32.9 Å². The van der Waals surface area contributed by atoms with E-state index < -0.39 is 0 Å². The minimum absolute atomic E-state index is 0.336. The number of hydrogen-bond acceptors (Lipinski definition) is 4. The van der Waals surface area contributed by atoms with Gasteiger partial charge in [-0.25, -0.2) is 4.98 Å². The first-order valence-corrected chi connectivity index (χ1v) is 5.81. The van der Waals surface area contributed by atoms with Crippen LogP contribution in [0.15, 0.2) is 6.20 Å². The lowest BCUT2D eigenvalue weighted by Crippen LogP contribution is -2.28. The molecule has 0 spiro atoms. The maximum atomic E-state index is 5.55. The summed E-state index contributed by atoms with van der Waals surface area (Å²) in [6.45, 7) is 8.05. The van der Waals surface area contributed by atoms with Crippen molar-refractivity contribution in [1.82, 2.24) is 10.3 Å². The molecule has 14 heavy (non-hydrogen) atoms. The molecule has 0 saturated heterocycles. The summed E-state index contributed by atoms with van der Waals surface area (Å²) >= 11 is 1.75. The van der Waals surface area contributed by atoms with Gasteiger partial charge in [0, 0.05) is 11.1 Å². The zero-order chi connectivity index (χ0) is 10.6. The van der Waals surface area contributed by atoms with Gasteiger partial charge < -0.3 is 11.1 Å². The number of thiazole rings is 1. The second-order valence-corrected chi connectivity index (χ2v) is 5.05. The van der Waals surface area contributed by atoms with Crippen molar-refractivity contribution in [3.63, 3.8) is 0 Å². The molecule has 3 N–H and O–H groups in total. The summed E-state index contributed by atoms with van der Waals surface area (Å²) in [5, 5.41) is 4.59. The van der Waals surface area contributed by atoms with Crippen LogP contribution < -0.4 is 11.1 Å². The van der Waals surface area contributed by atoms with Crippen molar-refractivity contribution >= 4 is 11.3 Å². The third kappa shape index (κ3) is 3.36. The highest BCUT2D eigenvalue weighted by molar-refractivity contribution is 7.11. The van der Waals surface area contributed by atoms with Gasteiger partial charge >= 0.3 is 0 Å². The molecule has 2 atom stereocenters. The Bertz CT molecular complexity index is 272. The third-order valence-electron chi connectivity index (χ3n) is 2.18. The van der Waals surface area contributed by atoms with Gasteiger partial charge in [0.2, 0.25) is 0 Å². The van der Waals surface area contributed by atoms with Crippen LogP contribution in [0, 0.1) is 12.8 Å². The number of aromatic nitrogens is 1. The zero-order valence-corrected chi connectivity index (χ0v) is 9.90. The number of nitrogens with zero attached hydrogens (tertiary/aromatic N) is 1. The highest BCUT2D eigenvalue weighted by Crippen LogP contribution is 2.18. The van der Waals surface area contributed by atoms with Crippen molar-refractivity contribution in [2.75, 3.05) is 13.1 Å². The van der Waals surface area contributed by atoms with E-state index in [1.165, 1.54) is 4.88 Å². The van der Waals surface area contributed by atoms with E-state index in [1.807, 2.05) is 6.20 Å². The Kier molecular flexibility index (Phi) is 4.51. The monoisotopic (exact) mass is 213 g/mol. The molecule has 3 nitrogen and oxygen atoms in total. The van der Waals surface area contributed by atoms with Crippen LogP contribution in [0.2, 0.25) is 0 Å². The van der Waals surface area contributed by atoms with E-state index in [2.05, 4.69) is 31.1 Å². The van der Waals surface area contributed by atoms with Gasteiger partial charge in [0.15, 0.2) is 0 Å². The first kappa shape index (κ1) is 11.6. The normalized spacial score (nSPS) is 15.4. The van der Waals surface area contributed by atoms with E-state index >= 15 is 0 Å². The number of aryl methyl sites for hydroxylation is 1. The van der Waals surface area contributed by atoms with E-state index in [9.17, 15) is 0 Å². The summed E-state index contributed by atoms with van der Waals surface area (Å²) in [5.74, 6) is 0.526. The van der Waals surface area contributed by atoms with Crippen molar-refractivity contribution in [2.45, 2.75) is 26.8 Å². The van der Waals surface area contributed by atoms with Crippen LogP contribution in [0.1, 0.15) is 29.8 Å². The fraction of sp³-hybridized carbons (Fsp3) is 0.700. The standard InChI is InChI=1S/C10H19N3S/c1-7(4-11)5-12-9(3)10-13-6-8(2)14-10/h6-7,9,12H,4-5,11H2,1-3H3. The Morgan fingerprint density at radius 2 is 2.29 bits per heavy atom. The van der Waals surface area contributed by atoms with Crippen LogP contribution in [0.5, 0.6) is 0 Å². The summed E-state index contributed by atoms with van der Waals surface area (Å²) in [4.78, 5) is 5.61. The van der Waals surface area contributed by atoms with Crippen LogP contribution in [0.3, 0.4) is 0 Å². The Balaban J connectivity index is 2.39. The van der Waals surface area contributed by atoms with Crippen molar-refractivity contribution in [3.8, 4) is 0 Å². The van der Waals surface area contributed by atoms with Gasteiger partial charge in [-0.15, -0.1) is 11.3 Å². The Labute approximate surface area is 89.7 Å². The fourth-order valence-electron chi connectivity index (χ4n) is 1.12. The number of nitrogens with one attached hydrogen (secondary N) is 1. The molecule has 2 unspecified atom stereocenters. The van der Waals surface area contributed by atoms with Gasteiger partial charge in [-0.2, -0.15) is 0 Å². The summed E-state index contributed by atoms with van der Waals surface area (Å²) in [7, 11) is 0. The molecular formula is C10H19N3S. The predicted octanol–water partition coefficient (Wildman–Crippen LogP) is 1.70. The van der Waals surface area contributed by atoms with E-state index in [0.717, 1.165) is 18.1 Å². The van der Waals surface area contributed by atoms with Gasteiger partial charge in [-0.3, -0.25) is 0 Å². The lowest BCUT2D eigenvalue weighted by molar-refractivity contribution is 0.476. The molecule has 0 aliphatic rings. The lowest BCUT2D eigenvalue weighted by atomic mass is 10.2. The summed E-state index contributed by atoms with van der Waals surface area (Å²) < 4.78 is 0. The molecule has 0 amide bonds. The topological polar surface area (TPSA) is 50.9 Å². The summed E-state index contributed by atoms with van der Waals surface area (Å²) in [6, 6.07) is 0.336. The first-order valence-electron chi connectivity index (χ1n) is 4.99. The zero-order valence-electron chi connectivity index (χ0n) is 9.08. The quantitative estimate of drug-likeness (QED) is 0.782. The number of hydrogen-bond donors (Lipinski definition) is 2. The molecule has 0 aliphatic heterocycles. The minimum atomic E-state index is 0.336. The molecule has 0 radical (unpaired) electrons. The van der Waals surface area contributed by atoms with Crippen molar-refractivity contribution in [1.29, 1.82) is 0 Å². The first-order chi connectivity index (χ1) is 6.63.